The average Bonchev–Trinajstić information content (AvgIpc) is 2.68. The molecule has 1 amide bonds. The maximum atomic E-state index is 11.3. The molecule has 0 bridgehead atoms. The van der Waals surface area contributed by atoms with Crippen LogP contribution >= 0.6 is 0 Å². The Labute approximate surface area is 128 Å². The zero-order chi connectivity index (χ0) is 15.7. The fourth-order valence-electron chi connectivity index (χ4n) is 2.84. The predicted octanol–water partition coefficient (Wildman–Crippen LogP) is -0.761. The molecule has 7 nitrogen and oxygen atoms in total. The fraction of sp³-hybridized carbons (Fsp3) is 0.533. The molecular formula is C15H20N2O5. The average molecular weight is 308 g/mol. The van der Waals surface area contributed by atoms with E-state index in [1.54, 1.807) is 6.07 Å². The number of ether oxygens (including phenoxy) is 2. The molecule has 0 aliphatic carbocycles. The summed E-state index contributed by atoms with van der Waals surface area (Å²) in [6.45, 7) is 1.70. The van der Waals surface area contributed by atoms with Crippen molar-refractivity contribution in [3.05, 3.63) is 23.8 Å². The second kappa shape index (κ2) is 6.12. The first-order valence-corrected chi connectivity index (χ1v) is 7.33. The molecule has 1 fully saturated rings. The van der Waals surface area contributed by atoms with Crippen LogP contribution in [0.4, 0.5) is 0 Å². The van der Waals surface area contributed by atoms with Gasteiger partial charge in [-0.15, -0.1) is 0 Å². The number of hydrogen-bond donors (Lipinski definition) is 3. The molecule has 2 aliphatic heterocycles. The minimum atomic E-state index is -0.723. The number of likely N-dealkylation sites (tertiary alicyclic amines) is 1. The van der Waals surface area contributed by atoms with Crippen LogP contribution in [-0.4, -0.2) is 59.0 Å². The highest BCUT2D eigenvalue weighted by molar-refractivity contribution is 5.79. The lowest BCUT2D eigenvalue weighted by molar-refractivity contribution is -0.124. The molecule has 1 aromatic carbocycles. The molecule has 4 N–H and O–H groups in total. The number of amides is 1. The fourth-order valence-corrected chi connectivity index (χ4v) is 2.84. The molecule has 3 rings (SSSR count). The zero-order valence-corrected chi connectivity index (χ0v) is 12.1. The summed E-state index contributed by atoms with van der Waals surface area (Å²) in [7, 11) is 0. The number of β-amino-alcohol motifs (C(OH)–C–C–N with tert-alkyl or cyclic N) is 2. The molecule has 7 heteroatoms. The third-order valence-corrected chi connectivity index (χ3v) is 4.00. The lowest BCUT2D eigenvalue weighted by Gasteiger charge is -2.18. The Kier molecular flexibility index (Phi) is 4.19. The number of carbonyl (C=O) groups is 1. The Morgan fingerprint density at radius 1 is 1.32 bits per heavy atom. The number of nitrogens with two attached hydrogens (primary N) is 1. The van der Waals surface area contributed by atoms with E-state index < -0.39 is 24.2 Å². The predicted molar refractivity (Wildman–Crippen MR) is 77.5 cm³/mol. The number of primary amides is 1. The minimum Gasteiger partial charge on any atom is -0.489 e. The number of rotatable bonds is 3. The molecule has 1 aromatic rings. The number of benzene rings is 1. The highest BCUT2D eigenvalue weighted by atomic mass is 16.5. The summed E-state index contributed by atoms with van der Waals surface area (Å²) in [4.78, 5) is 13.3. The van der Waals surface area contributed by atoms with Crippen molar-refractivity contribution in [2.24, 2.45) is 5.73 Å². The van der Waals surface area contributed by atoms with E-state index in [9.17, 15) is 15.0 Å². The van der Waals surface area contributed by atoms with Crippen molar-refractivity contribution in [1.82, 2.24) is 4.90 Å². The van der Waals surface area contributed by atoms with E-state index in [0.717, 1.165) is 5.56 Å². The summed E-state index contributed by atoms with van der Waals surface area (Å²) in [5, 5.41) is 19.3. The van der Waals surface area contributed by atoms with E-state index in [2.05, 4.69) is 0 Å². The number of nitrogens with zero attached hydrogens (tertiary/aromatic N) is 1. The number of para-hydroxylation sites is 1. The Balaban J connectivity index is 1.79. The maximum Gasteiger partial charge on any atom is 0.258 e. The number of fused-ring (bicyclic) bond motifs is 1. The van der Waals surface area contributed by atoms with Crippen LogP contribution in [0.3, 0.4) is 0 Å². The van der Waals surface area contributed by atoms with Crippen LogP contribution in [0.1, 0.15) is 12.0 Å². The number of aliphatic hydroxyl groups excluding tert-OH is 2. The lowest BCUT2D eigenvalue weighted by atomic mass is 10.1. The molecule has 2 aliphatic rings. The molecule has 1 saturated heterocycles. The molecule has 120 valence electrons. The van der Waals surface area contributed by atoms with Crippen LogP contribution in [0.5, 0.6) is 11.5 Å². The third-order valence-electron chi connectivity index (χ3n) is 4.00. The highest BCUT2D eigenvalue weighted by Gasteiger charge is 2.31. The van der Waals surface area contributed by atoms with Crippen LogP contribution in [0.25, 0.3) is 0 Å². The largest absolute Gasteiger partial charge is 0.489 e. The van der Waals surface area contributed by atoms with Gasteiger partial charge in [0.05, 0.1) is 18.8 Å². The van der Waals surface area contributed by atoms with Crippen molar-refractivity contribution >= 4 is 5.91 Å². The minimum absolute atomic E-state index is 0.350. The van der Waals surface area contributed by atoms with Crippen LogP contribution in [0.2, 0.25) is 0 Å². The summed E-state index contributed by atoms with van der Waals surface area (Å²) in [5.74, 6) is 0.592. The molecule has 0 radical (unpaired) electrons. The van der Waals surface area contributed by atoms with Crippen molar-refractivity contribution in [1.29, 1.82) is 0 Å². The van der Waals surface area contributed by atoms with Gasteiger partial charge in [-0.3, -0.25) is 9.69 Å². The summed E-state index contributed by atoms with van der Waals surface area (Å²) >= 11 is 0. The second-order valence-corrected chi connectivity index (χ2v) is 5.72. The molecule has 3 atom stereocenters. The van der Waals surface area contributed by atoms with E-state index in [1.165, 1.54) is 0 Å². The van der Waals surface area contributed by atoms with Gasteiger partial charge in [-0.25, -0.2) is 0 Å². The first kappa shape index (κ1) is 15.1. The number of hydrogen-bond acceptors (Lipinski definition) is 6. The van der Waals surface area contributed by atoms with E-state index >= 15 is 0 Å². The third kappa shape index (κ3) is 3.01. The van der Waals surface area contributed by atoms with Gasteiger partial charge in [-0.05, 0) is 6.07 Å². The summed E-state index contributed by atoms with van der Waals surface area (Å²) < 4.78 is 11.4. The van der Waals surface area contributed by atoms with Crippen molar-refractivity contribution in [3.63, 3.8) is 0 Å². The van der Waals surface area contributed by atoms with Gasteiger partial charge >= 0.3 is 0 Å². The Hall–Kier alpha value is -1.83. The first-order valence-electron chi connectivity index (χ1n) is 7.33. The second-order valence-electron chi connectivity index (χ2n) is 5.72. The summed E-state index contributed by atoms with van der Waals surface area (Å²) in [6.07, 6.45) is -1.73. The number of aliphatic hydroxyl groups is 2. The van der Waals surface area contributed by atoms with Gasteiger partial charge in [0.15, 0.2) is 17.6 Å². The summed E-state index contributed by atoms with van der Waals surface area (Å²) in [6, 6.07) is 5.47. The Morgan fingerprint density at radius 3 is 2.73 bits per heavy atom. The van der Waals surface area contributed by atoms with Gasteiger partial charge in [-0.1, -0.05) is 12.1 Å². The van der Waals surface area contributed by atoms with Crippen LogP contribution < -0.4 is 15.2 Å². The van der Waals surface area contributed by atoms with E-state index in [4.69, 9.17) is 15.2 Å². The van der Waals surface area contributed by atoms with Crippen LogP contribution in [-0.2, 0) is 11.3 Å². The van der Waals surface area contributed by atoms with Crippen LogP contribution in [0, 0.1) is 0 Å². The smallest absolute Gasteiger partial charge is 0.258 e. The highest BCUT2D eigenvalue weighted by Crippen LogP contribution is 2.35. The van der Waals surface area contributed by atoms with Crippen molar-refractivity contribution in [3.8, 4) is 11.5 Å². The topological polar surface area (TPSA) is 105 Å². The quantitative estimate of drug-likeness (QED) is 0.678. The maximum absolute atomic E-state index is 11.3. The summed E-state index contributed by atoms with van der Waals surface area (Å²) in [5.41, 5.74) is 6.20. The lowest BCUT2D eigenvalue weighted by Crippen LogP contribution is -2.33. The van der Waals surface area contributed by atoms with Gasteiger partial charge in [0.25, 0.3) is 5.91 Å². The molecule has 0 saturated carbocycles. The van der Waals surface area contributed by atoms with Gasteiger partial charge in [-0.2, -0.15) is 0 Å². The standard InChI is InChI=1S/C15H20N2O5/c16-15(20)13-4-5-21-14-9(2-1-3-12(14)22-13)6-17-7-10(18)11(19)8-17/h1-3,10-11,13,18-19H,4-8H2,(H2,16,20). The first-order chi connectivity index (χ1) is 10.5. The van der Waals surface area contributed by atoms with Crippen molar-refractivity contribution < 1.29 is 24.5 Å². The van der Waals surface area contributed by atoms with Gasteiger partial charge < -0.3 is 25.4 Å². The van der Waals surface area contributed by atoms with Crippen LogP contribution in [0.15, 0.2) is 18.2 Å². The van der Waals surface area contributed by atoms with Gasteiger partial charge in [0.1, 0.15) is 0 Å². The van der Waals surface area contributed by atoms with Crippen molar-refractivity contribution in [2.75, 3.05) is 19.7 Å². The van der Waals surface area contributed by atoms with E-state index in [-0.39, 0.29) is 0 Å². The molecule has 0 spiro atoms. The zero-order valence-electron chi connectivity index (χ0n) is 12.1. The molecule has 3 unspecified atom stereocenters. The molecule has 22 heavy (non-hydrogen) atoms. The molecular weight excluding hydrogens is 288 g/mol. The van der Waals surface area contributed by atoms with Crippen molar-refractivity contribution in [2.45, 2.75) is 31.3 Å². The Bertz CT molecular complexity index is 555. The van der Waals surface area contributed by atoms with Gasteiger partial charge in [0.2, 0.25) is 0 Å². The van der Waals surface area contributed by atoms with Gasteiger partial charge in [0, 0.05) is 31.6 Å². The SMILES string of the molecule is NC(=O)C1CCOc2c(CN3CC(O)C(O)C3)cccc2O1. The monoisotopic (exact) mass is 308 g/mol. The van der Waals surface area contributed by atoms with E-state index in [1.807, 2.05) is 17.0 Å². The normalized spacial score (nSPS) is 28.4. The molecule has 2 heterocycles. The Morgan fingerprint density at radius 2 is 2.05 bits per heavy atom. The number of carbonyl (C=O) groups excluding carboxylic acids is 1. The molecule has 0 aromatic heterocycles. The van der Waals surface area contributed by atoms with E-state index in [0.29, 0.717) is 44.2 Å².